The summed E-state index contributed by atoms with van der Waals surface area (Å²) in [6.45, 7) is 1.64. The molecule has 3 unspecified atom stereocenters. The number of rotatable bonds is 20. The van der Waals surface area contributed by atoms with Crippen LogP contribution in [-0.4, -0.2) is 57.2 Å². The zero-order valence-electron chi connectivity index (χ0n) is 23.3. The monoisotopic (exact) mass is 559 g/mol. The highest BCUT2D eigenvalue weighted by molar-refractivity contribution is 5.83. The van der Waals surface area contributed by atoms with Gasteiger partial charge in [-0.3, -0.25) is 9.88 Å². The number of nitrogens with zero attached hydrogens (tertiary/aromatic N) is 2. The second kappa shape index (κ2) is 18.3. The lowest BCUT2D eigenvalue weighted by Gasteiger charge is -2.21. The molecule has 1 aliphatic heterocycles. The summed E-state index contributed by atoms with van der Waals surface area (Å²) in [5.41, 5.74) is -1.11. The molecule has 224 valence electrons. The van der Waals surface area contributed by atoms with E-state index in [0.29, 0.717) is 4.57 Å². The first kappa shape index (κ1) is 33.1. The van der Waals surface area contributed by atoms with Crippen molar-refractivity contribution in [2.45, 2.75) is 134 Å². The van der Waals surface area contributed by atoms with Gasteiger partial charge in [-0.05, 0) is 12.5 Å². The van der Waals surface area contributed by atoms with Crippen LogP contribution in [0.15, 0.2) is 17.1 Å². The second-order valence-corrected chi connectivity index (χ2v) is 10.4. The number of hydrogen-bond donors (Lipinski definition) is 3. The van der Waals surface area contributed by atoms with Crippen LogP contribution in [-0.2, 0) is 9.47 Å². The summed E-state index contributed by atoms with van der Waals surface area (Å²) in [5.74, 6) is -3.96. The molecule has 1 saturated heterocycles. The van der Waals surface area contributed by atoms with E-state index in [1.807, 2.05) is 0 Å². The topological polar surface area (TPSA) is 123 Å². The second-order valence-electron chi connectivity index (χ2n) is 10.4. The smallest absolute Gasteiger partial charge is 0.412 e. The summed E-state index contributed by atoms with van der Waals surface area (Å²) in [7, 11) is 0. The molecule has 11 heteroatoms. The molecule has 3 atom stereocenters. The summed E-state index contributed by atoms with van der Waals surface area (Å²) >= 11 is 0. The van der Waals surface area contributed by atoms with Gasteiger partial charge in [-0.2, -0.15) is 13.8 Å². The number of aliphatic hydroxyl groups excluding tert-OH is 2. The Labute approximate surface area is 230 Å². The molecule has 1 aliphatic rings. The molecule has 0 radical (unpaired) electrons. The van der Waals surface area contributed by atoms with Crippen molar-refractivity contribution in [2.24, 2.45) is 0 Å². The lowest BCUT2D eigenvalue weighted by molar-refractivity contribution is -0.140. The molecular formula is C28H47F2N3O6. The van der Waals surface area contributed by atoms with Gasteiger partial charge in [-0.25, -0.2) is 9.59 Å². The Kier molecular flexibility index (Phi) is 15.5. The molecular weight excluding hydrogens is 512 g/mol. The molecule has 0 saturated carbocycles. The maximum atomic E-state index is 14.2. The molecule has 0 aliphatic carbocycles. The number of unbranched alkanes of at least 4 members (excludes halogenated alkanes) is 15. The van der Waals surface area contributed by atoms with E-state index in [9.17, 15) is 23.5 Å². The van der Waals surface area contributed by atoms with Crippen molar-refractivity contribution < 1.29 is 33.3 Å². The van der Waals surface area contributed by atoms with Gasteiger partial charge < -0.3 is 19.7 Å². The predicted molar refractivity (Wildman–Crippen MR) is 145 cm³/mol. The fourth-order valence-corrected chi connectivity index (χ4v) is 4.73. The molecule has 1 aromatic heterocycles. The van der Waals surface area contributed by atoms with Crippen molar-refractivity contribution in [2.75, 3.05) is 18.5 Å². The van der Waals surface area contributed by atoms with Crippen LogP contribution in [0.4, 0.5) is 19.4 Å². The number of halogens is 2. The Morgan fingerprint density at radius 1 is 1.00 bits per heavy atom. The quantitative estimate of drug-likeness (QED) is 0.169. The van der Waals surface area contributed by atoms with E-state index < -0.39 is 42.7 Å². The van der Waals surface area contributed by atoms with Crippen molar-refractivity contribution in [1.29, 1.82) is 0 Å². The number of aromatic nitrogens is 2. The fraction of sp³-hybridized carbons (Fsp3) is 0.821. The highest BCUT2D eigenvalue weighted by Gasteiger charge is 2.59. The normalized spacial score (nSPS) is 20.3. The van der Waals surface area contributed by atoms with Gasteiger partial charge in [0.15, 0.2) is 6.10 Å². The van der Waals surface area contributed by atoms with E-state index in [-0.39, 0.29) is 12.4 Å². The number of aliphatic hydroxyl groups is 2. The van der Waals surface area contributed by atoms with Crippen LogP contribution in [0.25, 0.3) is 0 Å². The highest BCUT2D eigenvalue weighted by Crippen LogP contribution is 2.41. The Bertz CT molecular complexity index is 885. The first-order valence-corrected chi connectivity index (χ1v) is 14.7. The van der Waals surface area contributed by atoms with E-state index in [4.69, 9.17) is 14.6 Å². The van der Waals surface area contributed by atoms with Gasteiger partial charge in [-0.15, -0.1) is 0 Å². The van der Waals surface area contributed by atoms with Crippen LogP contribution in [0, 0.1) is 0 Å². The molecule has 39 heavy (non-hydrogen) atoms. The Morgan fingerprint density at radius 2 is 1.51 bits per heavy atom. The molecule has 2 heterocycles. The minimum absolute atomic E-state index is 0.159. The molecule has 2 rings (SSSR count). The standard InChI is InChI=1S/C28H47F2N3O6/c1-2-3-4-5-6-7-8-9-10-11-12-13-14-15-16-17-20-38-27(37)32-23-18-19-33(26(36)31-23)25-28(29,30)24(35)22(21-34)39-25/h18-19,22,24-25,34-35H,2-17,20-21H2,1H3,(H,31,32,36,37). The van der Waals surface area contributed by atoms with E-state index >= 15 is 0 Å². The van der Waals surface area contributed by atoms with Crippen molar-refractivity contribution in [3.8, 4) is 0 Å². The van der Waals surface area contributed by atoms with E-state index in [2.05, 4.69) is 17.2 Å². The number of alkyl halides is 2. The van der Waals surface area contributed by atoms with E-state index in [0.717, 1.165) is 31.5 Å². The molecule has 0 spiro atoms. The van der Waals surface area contributed by atoms with Crippen LogP contribution in [0.3, 0.4) is 0 Å². The number of carbonyl (C=O) groups is 1. The van der Waals surface area contributed by atoms with Crippen molar-refractivity contribution in [3.63, 3.8) is 0 Å². The Morgan fingerprint density at radius 3 is 1.97 bits per heavy atom. The largest absolute Gasteiger partial charge is 0.449 e. The van der Waals surface area contributed by atoms with Crippen LogP contribution < -0.4 is 11.0 Å². The molecule has 9 nitrogen and oxygen atoms in total. The summed E-state index contributed by atoms with van der Waals surface area (Å²) in [4.78, 5) is 27.8. The summed E-state index contributed by atoms with van der Waals surface area (Å²) < 4.78 is 39.0. The zero-order valence-corrected chi connectivity index (χ0v) is 23.3. The molecule has 1 amide bonds. The number of hydrogen-bond acceptors (Lipinski definition) is 7. The first-order chi connectivity index (χ1) is 18.8. The van der Waals surface area contributed by atoms with Crippen LogP contribution in [0.2, 0.25) is 0 Å². The van der Waals surface area contributed by atoms with Gasteiger partial charge in [0.05, 0.1) is 13.2 Å². The van der Waals surface area contributed by atoms with Crippen LogP contribution >= 0.6 is 0 Å². The third kappa shape index (κ3) is 11.5. The van der Waals surface area contributed by atoms with Gasteiger partial charge in [-0.1, -0.05) is 103 Å². The minimum atomic E-state index is -3.81. The fourth-order valence-electron chi connectivity index (χ4n) is 4.73. The summed E-state index contributed by atoms with van der Waals surface area (Å²) in [6, 6.07) is 1.15. The Balaban J connectivity index is 1.50. The van der Waals surface area contributed by atoms with Gasteiger partial charge in [0, 0.05) is 6.20 Å². The molecule has 3 N–H and O–H groups in total. The first-order valence-electron chi connectivity index (χ1n) is 14.7. The minimum Gasteiger partial charge on any atom is -0.449 e. The molecule has 0 aromatic carbocycles. The number of amides is 1. The van der Waals surface area contributed by atoms with Gasteiger partial charge in [0.1, 0.15) is 11.9 Å². The average molecular weight is 560 g/mol. The van der Waals surface area contributed by atoms with E-state index in [1.165, 1.54) is 83.5 Å². The zero-order chi connectivity index (χ0) is 28.5. The number of carbonyl (C=O) groups excluding carboxylic acids is 1. The molecule has 0 bridgehead atoms. The maximum absolute atomic E-state index is 14.2. The average Bonchev–Trinajstić information content (AvgIpc) is 3.14. The lowest BCUT2D eigenvalue weighted by Crippen LogP contribution is -2.41. The number of ether oxygens (including phenoxy) is 2. The summed E-state index contributed by atoms with van der Waals surface area (Å²) in [6.07, 6.45) is 14.3. The van der Waals surface area contributed by atoms with Crippen molar-refractivity contribution >= 4 is 11.9 Å². The SMILES string of the molecule is CCCCCCCCCCCCCCCCCCOC(=O)Nc1ccn(C2OC(CO)C(O)C2(F)F)c(=O)n1. The third-order valence-corrected chi connectivity index (χ3v) is 7.10. The van der Waals surface area contributed by atoms with Crippen LogP contribution in [0.5, 0.6) is 0 Å². The van der Waals surface area contributed by atoms with Crippen molar-refractivity contribution in [3.05, 3.63) is 22.7 Å². The summed E-state index contributed by atoms with van der Waals surface area (Å²) in [5, 5.41) is 21.0. The number of nitrogens with one attached hydrogen (secondary N) is 1. The van der Waals surface area contributed by atoms with E-state index in [1.54, 1.807) is 0 Å². The lowest BCUT2D eigenvalue weighted by atomic mass is 10.0. The van der Waals surface area contributed by atoms with Crippen LogP contribution in [0.1, 0.15) is 116 Å². The van der Waals surface area contributed by atoms with Gasteiger partial charge >= 0.3 is 17.7 Å². The number of anilines is 1. The molecule has 1 fully saturated rings. The molecule has 1 aromatic rings. The van der Waals surface area contributed by atoms with Crippen molar-refractivity contribution in [1.82, 2.24) is 9.55 Å². The Hall–Kier alpha value is -2.11. The van der Waals surface area contributed by atoms with Gasteiger partial charge in [0.25, 0.3) is 0 Å². The predicted octanol–water partition coefficient (Wildman–Crippen LogP) is 5.94. The van der Waals surface area contributed by atoms with Gasteiger partial charge in [0.2, 0.25) is 6.23 Å². The third-order valence-electron chi connectivity index (χ3n) is 7.10. The maximum Gasteiger partial charge on any atom is 0.412 e. The highest BCUT2D eigenvalue weighted by atomic mass is 19.3.